The van der Waals surface area contributed by atoms with Crippen LogP contribution in [0.25, 0.3) is 22.2 Å². The lowest BCUT2D eigenvalue weighted by Crippen LogP contribution is -2.08. The first-order valence-corrected chi connectivity index (χ1v) is 10.9. The monoisotopic (exact) mass is 459 g/mol. The standard InChI is InChI=1S/C24H17N3O5S/c28-22(16-19-8-5-7-17-6-1-2-9-21(17)19)31-14-3-4-15-33-24-26-25-23(32-24)18-10-12-20(13-11-18)27(29)30/h1-2,5-13H,14-16H2. The molecule has 0 N–H and O–H groups in total. The van der Waals surface area contributed by atoms with Crippen LogP contribution in [-0.4, -0.2) is 33.4 Å². The van der Waals surface area contributed by atoms with Gasteiger partial charge in [-0.1, -0.05) is 66.1 Å². The van der Waals surface area contributed by atoms with Crippen LogP contribution in [0.15, 0.2) is 76.4 Å². The molecule has 0 radical (unpaired) electrons. The zero-order valence-electron chi connectivity index (χ0n) is 17.3. The number of benzene rings is 3. The molecule has 0 aliphatic carbocycles. The topological polar surface area (TPSA) is 108 Å². The van der Waals surface area contributed by atoms with Crippen LogP contribution < -0.4 is 0 Å². The summed E-state index contributed by atoms with van der Waals surface area (Å²) >= 11 is 1.24. The molecule has 4 aromatic rings. The normalized spacial score (nSPS) is 10.4. The highest BCUT2D eigenvalue weighted by Crippen LogP contribution is 2.24. The highest BCUT2D eigenvalue weighted by atomic mass is 32.2. The maximum Gasteiger partial charge on any atom is 0.311 e. The minimum absolute atomic E-state index is 0.00202. The summed E-state index contributed by atoms with van der Waals surface area (Å²) < 4.78 is 10.7. The van der Waals surface area contributed by atoms with E-state index in [4.69, 9.17) is 9.15 Å². The third kappa shape index (κ3) is 5.75. The number of rotatable bonds is 7. The summed E-state index contributed by atoms with van der Waals surface area (Å²) in [5.74, 6) is 5.99. The van der Waals surface area contributed by atoms with E-state index < -0.39 is 4.92 Å². The molecule has 4 rings (SSSR count). The van der Waals surface area contributed by atoms with Crippen molar-refractivity contribution in [3.05, 3.63) is 82.4 Å². The molecule has 0 saturated carbocycles. The molecule has 0 bridgehead atoms. The lowest BCUT2D eigenvalue weighted by molar-refractivity contribution is -0.384. The van der Waals surface area contributed by atoms with E-state index in [0.717, 1.165) is 16.3 Å². The Kier molecular flexibility index (Phi) is 6.97. The third-order valence-electron chi connectivity index (χ3n) is 4.64. The fourth-order valence-electron chi connectivity index (χ4n) is 3.08. The van der Waals surface area contributed by atoms with Gasteiger partial charge < -0.3 is 9.15 Å². The summed E-state index contributed by atoms with van der Waals surface area (Å²) in [6.07, 6.45) is 0.186. The summed E-state index contributed by atoms with van der Waals surface area (Å²) in [5.41, 5.74) is 1.49. The average Bonchev–Trinajstić information content (AvgIpc) is 3.30. The van der Waals surface area contributed by atoms with Crippen molar-refractivity contribution in [1.82, 2.24) is 10.2 Å². The van der Waals surface area contributed by atoms with E-state index >= 15 is 0 Å². The van der Waals surface area contributed by atoms with Gasteiger partial charge >= 0.3 is 5.97 Å². The second-order valence-corrected chi connectivity index (χ2v) is 7.72. The Hall–Kier alpha value is -4.16. The van der Waals surface area contributed by atoms with Crippen molar-refractivity contribution >= 4 is 34.2 Å². The van der Waals surface area contributed by atoms with Crippen LogP contribution in [-0.2, 0) is 16.0 Å². The number of hydrogen-bond acceptors (Lipinski definition) is 8. The van der Waals surface area contributed by atoms with Crippen molar-refractivity contribution < 1.29 is 18.9 Å². The van der Waals surface area contributed by atoms with E-state index in [1.165, 1.54) is 23.9 Å². The minimum Gasteiger partial charge on any atom is -0.452 e. The number of hydrogen-bond donors (Lipinski definition) is 0. The van der Waals surface area contributed by atoms with Gasteiger partial charge in [0.1, 0.15) is 0 Å². The predicted molar refractivity (Wildman–Crippen MR) is 123 cm³/mol. The lowest BCUT2D eigenvalue weighted by Gasteiger charge is -2.05. The van der Waals surface area contributed by atoms with Crippen molar-refractivity contribution in [2.24, 2.45) is 0 Å². The number of nitrogens with zero attached hydrogens (tertiary/aromatic N) is 3. The Bertz CT molecular complexity index is 1350. The van der Waals surface area contributed by atoms with Crippen LogP contribution in [0.2, 0.25) is 0 Å². The van der Waals surface area contributed by atoms with Crippen molar-refractivity contribution in [3.63, 3.8) is 0 Å². The molecule has 33 heavy (non-hydrogen) atoms. The molecule has 0 saturated heterocycles. The maximum atomic E-state index is 12.1. The number of fused-ring (bicyclic) bond motifs is 1. The van der Waals surface area contributed by atoms with Crippen LogP contribution in [0, 0.1) is 22.0 Å². The van der Waals surface area contributed by atoms with Gasteiger partial charge in [-0.3, -0.25) is 14.9 Å². The van der Waals surface area contributed by atoms with Crippen LogP contribution >= 0.6 is 11.8 Å². The molecule has 0 aliphatic rings. The molecule has 1 heterocycles. The van der Waals surface area contributed by atoms with E-state index in [-0.39, 0.29) is 30.6 Å². The summed E-state index contributed by atoms with van der Waals surface area (Å²) in [6.45, 7) is 0.00202. The Morgan fingerprint density at radius 2 is 1.82 bits per heavy atom. The molecular formula is C24H17N3O5S. The summed E-state index contributed by atoms with van der Waals surface area (Å²) in [6, 6.07) is 19.6. The number of nitro groups is 1. The largest absolute Gasteiger partial charge is 0.452 e. The van der Waals surface area contributed by atoms with Crippen LogP contribution in [0.5, 0.6) is 0 Å². The fraction of sp³-hybridized carbons (Fsp3) is 0.125. The van der Waals surface area contributed by atoms with Gasteiger partial charge in [0, 0.05) is 17.7 Å². The Morgan fingerprint density at radius 3 is 2.64 bits per heavy atom. The first-order chi connectivity index (χ1) is 16.1. The van der Waals surface area contributed by atoms with Crippen molar-refractivity contribution in [2.75, 3.05) is 12.4 Å². The van der Waals surface area contributed by atoms with Gasteiger partial charge in [-0.2, -0.15) is 0 Å². The highest BCUT2D eigenvalue weighted by molar-refractivity contribution is 7.99. The molecule has 9 heteroatoms. The number of carbonyl (C=O) groups excluding carboxylic acids is 1. The van der Waals surface area contributed by atoms with E-state index in [1.807, 2.05) is 42.5 Å². The number of non-ortho nitro benzene ring substituents is 1. The number of nitro benzene ring substituents is 1. The predicted octanol–water partition coefficient (Wildman–Crippen LogP) is 4.68. The third-order valence-corrected chi connectivity index (χ3v) is 5.35. The number of aromatic nitrogens is 2. The van der Waals surface area contributed by atoms with Gasteiger partial charge in [0.25, 0.3) is 10.9 Å². The quantitative estimate of drug-likeness (QED) is 0.129. The summed E-state index contributed by atoms with van der Waals surface area (Å²) in [7, 11) is 0. The fourth-order valence-corrected chi connectivity index (χ4v) is 3.61. The van der Waals surface area contributed by atoms with Gasteiger partial charge in [-0.05, 0) is 28.5 Å². The average molecular weight is 459 g/mol. The first kappa shape index (κ1) is 22.0. The van der Waals surface area contributed by atoms with E-state index in [1.54, 1.807) is 12.1 Å². The minimum atomic E-state index is -0.474. The van der Waals surface area contributed by atoms with Gasteiger partial charge in [-0.15, -0.1) is 10.2 Å². The number of thioether (sulfide) groups is 1. The molecule has 0 atom stereocenters. The van der Waals surface area contributed by atoms with Crippen molar-refractivity contribution in [1.29, 1.82) is 0 Å². The zero-order chi connectivity index (χ0) is 23.0. The number of ether oxygens (including phenoxy) is 1. The summed E-state index contributed by atoms with van der Waals surface area (Å²) in [4.78, 5) is 22.4. The second-order valence-electron chi connectivity index (χ2n) is 6.80. The lowest BCUT2D eigenvalue weighted by atomic mass is 10.0. The molecule has 3 aromatic carbocycles. The molecule has 0 spiro atoms. The molecule has 8 nitrogen and oxygen atoms in total. The van der Waals surface area contributed by atoms with Crippen LogP contribution in [0.1, 0.15) is 5.56 Å². The van der Waals surface area contributed by atoms with E-state index in [9.17, 15) is 14.9 Å². The van der Waals surface area contributed by atoms with Crippen molar-refractivity contribution in [2.45, 2.75) is 11.6 Å². The van der Waals surface area contributed by atoms with Gasteiger partial charge in [0.05, 0.1) is 17.1 Å². The SMILES string of the molecule is O=C(Cc1cccc2ccccc12)OCC#CCSc1nnc(-c2ccc([N+](=O)[O-])cc2)o1. The Labute approximate surface area is 193 Å². The highest BCUT2D eigenvalue weighted by Gasteiger charge is 2.11. The summed E-state index contributed by atoms with van der Waals surface area (Å²) in [5, 5.41) is 21.0. The molecule has 0 unspecified atom stereocenters. The molecule has 1 aromatic heterocycles. The molecule has 0 amide bonds. The van der Waals surface area contributed by atoms with Gasteiger partial charge in [-0.25, -0.2) is 0 Å². The Balaban J connectivity index is 1.23. The maximum absolute atomic E-state index is 12.1. The van der Waals surface area contributed by atoms with Crippen molar-refractivity contribution in [3.8, 4) is 23.3 Å². The molecule has 164 valence electrons. The number of carbonyl (C=O) groups is 1. The zero-order valence-corrected chi connectivity index (χ0v) is 18.1. The molecule has 0 fully saturated rings. The first-order valence-electron chi connectivity index (χ1n) is 9.89. The van der Waals surface area contributed by atoms with E-state index in [2.05, 4.69) is 22.0 Å². The van der Waals surface area contributed by atoms with Crippen LogP contribution in [0.4, 0.5) is 5.69 Å². The van der Waals surface area contributed by atoms with Gasteiger partial charge in [0.2, 0.25) is 5.89 Å². The van der Waals surface area contributed by atoms with Gasteiger partial charge in [0.15, 0.2) is 6.61 Å². The molecular weight excluding hydrogens is 442 g/mol. The smallest absolute Gasteiger partial charge is 0.311 e. The number of esters is 1. The molecule has 0 aliphatic heterocycles. The van der Waals surface area contributed by atoms with Crippen LogP contribution in [0.3, 0.4) is 0 Å². The second kappa shape index (κ2) is 10.4. The van der Waals surface area contributed by atoms with E-state index in [0.29, 0.717) is 16.5 Å². The Morgan fingerprint density at radius 1 is 1.03 bits per heavy atom.